The summed E-state index contributed by atoms with van der Waals surface area (Å²) in [5.41, 5.74) is -0.0621. The van der Waals surface area contributed by atoms with Crippen LogP contribution >= 0.6 is 0 Å². The average Bonchev–Trinajstić information content (AvgIpc) is 2.52. The van der Waals surface area contributed by atoms with Crippen LogP contribution in [0.3, 0.4) is 0 Å². The number of benzene rings is 1. The van der Waals surface area contributed by atoms with Gasteiger partial charge in [-0.05, 0) is 45.4 Å². The molecule has 0 saturated heterocycles. The Morgan fingerprint density at radius 1 is 1.19 bits per heavy atom. The number of phenolic OH excluding ortho intramolecular Hbond substituents is 1. The van der Waals surface area contributed by atoms with E-state index in [0.717, 1.165) is 4.90 Å². The molecular weight excluding hydrogens is 340 g/mol. The predicted octanol–water partition coefficient (Wildman–Crippen LogP) is 1.76. The SMILES string of the molecule is CC(C(=O)NC(Cc1ccc(O)cc1)C(=O)O)N(C)C(=O)OC(C)(C)C. The number of carboxylic acid groups (broad SMARTS) is 1. The van der Waals surface area contributed by atoms with Crippen LogP contribution in [-0.4, -0.2) is 57.8 Å². The number of rotatable bonds is 6. The summed E-state index contributed by atoms with van der Waals surface area (Å²) < 4.78 is 5.20. The molecule has 0 radical (unpaired) electrons. The summed E-state index contributed by atoms with van der Waals surface area (Å²) in [5.74, 6) is -1.74. The van der Waals surface area contributed by atoms with E-state index in [0.29, 0.717) is 5.56 Å². The smallest absolute Gasteiger partial charge is 0.410 e. The summed E-state index contributed by atoms with van der Waals surface area (Å²) in [6, 6.07) is 3.96. The van der Waals surface area contributed by atoms with E-state index in [9.17, 15) is 24.6 Å². The quantitative estimate of drug-likeness (QED) is 0.706. The molecule has 0 aliphatic heterocycles. The van der Waals surface area contributed by atoms with Crippen LogP contribution in [0.15, 0.2) is 24.3 Å². The number of carbonyl (C=O) groups is 3. The molecule has 0 aliphatic carbocycles. The summed E-state index contributed by atoms with van der Waals surface area (Å²) in [5, 5.41) is 21.1. The van der Waals surface area contributed by atoms with Crippen molar-refractivity contribution in [3.63, 3.8) is 0 Å². The van der Waals surface area contributed by atoms with Gasteiger partial charge in [0.05, 0.1) is 0 Å². The molecule has 0 aromatic heterocycles. The van der Waals surface area contributed by atoms with Crippen LogP contribution in [0.25, 0.3) is 0 Å². The highest BCUT2D eigenvalue weighted by Crippen LogP contribution is 2.13. The molecule has 0 saturated carbocycles. The Morgan fingerprint density at radius 2 is 1.73 bits per heavy atom. The van der Waals surface area contributed by atoms with Crippen molar-refractivity contribution in [3.05, 3.63) is 29.8 Å². The van der Waals surface area contributed by atoms with Crippen molar-refractivity contribution in [2.24, 2.45) is 0 Å². The van der Waals surface area contributed by atoms with E-state index in [4.69, 9.17) is 4.74 Å². The topological polar surface area (TPSA) is 116 Å². The molecule has 1 aromatic rings. The van der Waals surface area contributed by atoms with Gasteiger partial charge in [-0.25, -0.2) is 9.59 Å². The number of aromatic hydroxyl groups is 1. The number of amides is 2. The highest BCUT2D eigenvalue weighted by Gasteiger charge is 2.29. The van der Waals surface area contributed by atoms with Gasteiger partial charge in [-0.15, -0.1) is 0 Å². The van der Waals surface area contributed by atoms with Gasteiger partial charge < -0.3 is 20.3 Å². The van der Waals surface area contributed by atoms with E-state index in [1.54, 1.807) is 32.9 Å². The van der Waals surface area contributed by atoms with Crippen LogP contribution in [-0.2, 0) is 20.7 Å². The predicted molar refractivity (Wildman–Crippen MR) is 94.8 cm³/mol. The molecule has 0 heterocycles. The van der Waals surface area contributed by atoms with Crippen molar-refractivity contribution in [3.8, 4) is 5.75 Å². The number of nitrogens with one attached hydrogen (secondary N) is 1. The van der Waals surface area contributed by atoms with Gasteiger partial charge in [0.1, 0.15) is 23.4 Å². The van der Waals surface area contributed by atoms with E-state index in [1.165, 1.54) is 26.1 Å². The van der Waals surface area contributed by atoms with Gasteiger partial charge in [-0.3, -0.25) is 9.69 Å². The van der Waals surface area contributed by atoms with Crippen LogP contribution in [0.4, 0.5) is 4.79 Å². The first-order valence-corrected chi connectivity index (χ1v) is 8.17. The van der Waals surface area contributed by atoms with Gasteiger partial charge >= 0.3 is 12.1 Å². The van der Waals surface area contributed by atoms with Crippen molar-refractivity contribution >= 4 is 18.0 Å². The minimum atomic E-state index is -1.20. The first kappa shape index (κ1) is 21.3. The standard InChI is InChI=1S/C18H26N2O6/c1-11(20(5)17(25)26-18(2,3)4)15(22)19-14(16(23)24)10-12-6-8-13(21)9-7-12/h6-9,11,14,21H,10H2,1-5H3,(H,19,22)(H,23,24). The zero-order valence-electron chi connectivity index (χ0n) is 15.6. The third-order valence-electron chi connectivity index (χ3n) is 3.63. The Bertz CT molecular complexity index is 651. The highest BCUT2D eigenvalue weighted by molar-refractivity contribution is 5.89. The zero-order chi connectivity index (χ0) is 20.1. The fraction of sp³-hybridized carbons (Fsp3) is 0.500. The Kier molecular flexibility index (Phi) is 7.00. The van der Waals surface area contributed by atoms with Crippen LogP contribution in [0.5, 0.6) is 5.75 Å². The van der Waals surface area contributed by atoms with Gasteiger partial charge in [0.25, 0.3) is 0 Å². The molecule has 26 heavy (non-hydrogen) atoms. The Balaban J connectivity index is 2.75. The molecule has 2 amide bonds. The number of hydrogen-bond acceptors (Lipinski definition) is 5. The minimum Gasteiger partial charge on any atom is -0.508 e. The monoisotopic (exact) mass is 366 g/mol. The first-order chi connectivity index (χ1) is 11.9. The summed E-state index contributed by atoms with van der Waals surface area (Å²) in [7, 11) is 1.41. The van der Waals surface area contributed by atoms with Crippen LogP contribution < -0.4 is 5.32 Å². The lowest BCUT2D eigenvalue weighted by Crippen LogP contribution is -2.52. The number of hydrogen-bond donors (Lipinski definition) is 3. The third kappa shape index (κ3) is 6.62. The highest BCUT2D eigenvalue weighted by atomic mass is 16.6. The van der Waals surface area contributed by atoms with Crippen LogP contribution in [0.2, 0.25) is 0 Å². The van der Waals surface area contributed by atoms with Gasteiger partial charge in [-0.1, -0.05) is 12.1 Å². The lowest BCUT2D eigenvalue weighted by molar-refractivity contribution is -0.142. The normalized spacial score (nSPS) is 13.4. The maximum Gasteiger partial charge on any atom is 0.410 e. The van der Waals surface area contributed by atoms with Crippen molar-refractivity contribution in [1.82, 2.24) is 10.2 Å². The van der Waals surface area contributed by atoms with Gasteiger partial charge in [-0.2, -0.15) is 0 Å². The maximum absolute atomic E-state index is 12.3. The van der Waals surface area contributed by atoms with Gasteiger partial charge in [0.2, 0.25) is 5.91 Å². The molecule has 0 bridgehead atoms. The van der Waals surface area contributed by atoms with E-state index in [1.807, 2.05) is 0 Å². The second kappa shape index (κ2) is 8.55. The molecule has 8 nitrogen and oxygen atoms in total. The molecule has 3 N–H and O–H groups in total. The number of ether oxygens (including phenoxy) is 1. The second-order valence-electron chi connectivity index (χ2n) is 7.04. The fourth-order valence-corrected chi connectivity index (χ4v) is 2.03. The molecular formula is C18H26N2O6. The van der Waals surface area contributed by atoms with Crippen LogP contribution in [0.1, 0.15) is 33.3 Å². The Morgan fingerprint density at radius 3 is 2.19 bits per heavy atom. The average molecular weight is 366 g/mol. The Labute approximate surface area is 152 Å². The molecule has 144 valence electrons. The van der Waals surface area contributed by atoms with E-state index < -0.39 is 35.7 Å². The van der Waals surface area contributed by atoms with Gasteiger partial charge in [0.15, 0.2) is 0 Å². The number of carbonyl (C=O) groups excluding carboxylic acids is 2. The molecule has 1 aromatic carbocycles. The van der Waals surface area contributed by atoms with E-state index >= 15 is 0 Å². The van der Waals surface area contributed by atoms with Crippen molar-refractivity contribution < 1.29 is 29.3 Å². The van der Waals surface area contributed by atoms with Crippen molar-refractivity contribution in [2.45, 2.75) is 51.8 Å². The zero-order valence-corrected chi connectivity index (χ0v) is 15.6. The largest absolute Gasteiger partial charge is 0.508 e. The maximum atomic E-state index is 12.3. The van der Waals surface area contributed by atoms with Crippen molar-refractivity contribution in [1.29, 1.82) is 0 Å². The van der Waals surface area contributed by atoms with E-state index in [2.05, 4.69) is 5.32 Å². The molecule has 2 unspecified atom stereocenters. The third-order valence-corrected chi connectivity index (χ3v) is 3.63. The number of phenols is 1. The minimum absolute atomic E-state index is 0.0459. The molecule has 0 fully saturated rings. The number of nitrogens with zero attached hydrogens (tertiary/aromatic N) is 1. The van der Waals surface area contributed by atoms with Crippen LogP contribution in [0, 0.1) is 0 Å². The van der Waals surface area contributed by atoms with Crippen molar-refractivity contribution in [2.75, 3.05) is 7.05 Å². The summed E-state index contributed by atoms with van der Waals surface area (Å²) in [6.07, 6.45) is -0.630. The lowest BCUT2D eigenvalue weighted by atomic mass is 10.1. The molecule has 1 rings (SSSR count). The number of aliphatic carboxylic acids is 1. The molecule has 0 spiro atoms. The molecule has 8 heteroatoms. The summed E-state index contributed by atoms with van der Waals surface area (Å²) in [4.78, 5) is 36.9. The number of carboxylic acids is 1. The first-order valence-electron chi connectivity index (χ1n) is 8.17. The Hall–Kier alpha value is -2.77. The molecule has 2 atom stereocenters. The van der Waals surface area contributed by atoms with Gasteiger partial charge in [0, 0.05) is 13.5 Å². The molecule has 0 aliphatic rings. The number of likely N-dealkylation sites (N-methyl/N-ethyl adjacent to an activating group) is 1. The summed E-state index contributed by atoms with van der Waals surface area (Å²) in [6.45, 7) is 6.61. The van der Waals surface area contributed by atoms with E-state index in [-0.39, 0.29) is 12.2 Å². The second-order valence-corrected chi connectivity index (χ2v) is 7.04. The lowest BCUT2D eigenvalue weighted by Gasteiger charge is -2.28. The fourth-order valence-electron chi connectivity index (χ4n) is 2.03. The summed E-state index contributed by atoms with van der Waals surface area (Å²) >= 11 is 0.